The Kier molecular flexibility index (Phi) is 4.54. The monoisotopic (exact) mass is 215 g/mol. The molecule has 4 nitrogen and oxygen atoms in total. The lowest BCUT2D eigenvalue weighted by atomic mass is 9.87. The van der Waals surface area contributed by atoms with Crippen LogP contribution in [-0.4, -0.2) is 37.4 Å². The zero-order valence-electron chi connectivity index (χ0n) is 9.58. The second-order valence-corrected chi connectivity index (χ2v) is 4.58. The summed E-state index contributed by atoms with van der Waals surface area (Å²) in [6.45, 7) is 2.28. The maximum absolute atomic E-state index is 11.9. The molecule has 1 saturated carbocycles. The van der Waals surface area contributed by atoms with Gasteiger partial charge >= 0.3 is 0 Å². The topological polar surface area (TPSA) is 58.6 Å². The van der Waals surface area contributed by atoms with E-state index in [0.717, 1.165) is 25.7 Å². The van der Waals surface area contributed by atoms with Gasteiger partial charge in [-0.05, 0) is 12.8 Å². The van der Waals surface area contributed by atoms with Crippen LogP contribution in [0, 0.1) is 5.41 Å². The molecule has 1 aliphatic carbocycles. The SMILES string of the molecule is COCC(CO)NC(=O)C1(C)CCCC1. The maximum atomic E-state index is 11.9. The van der Waals surface area contributed by atoms with Crippen LogP contribution >= 0.6 is 0 Å². The number of amides is 1. The molecule has 0 aliphatic heterocycles. The minimum absolute atomic E-state index is 0.0519. The van der Waals surface area contributed by atoms with E-state index in [1.807, 2.05) is 6.92 Å². The first-order valence-corrected chi connectivity index (χ1v) is 5.53. The van der Waals surface area contributed by atoms with Crippen molar-refractivity contribution in [2.24, 2.45) is 5.41 Å². The summed E-state index contributed by atoms with van der Waals surface area (Å²) in [5.74, 6) is 0.0519. The molecule has 4 heteroatoms. The Morgan fingerprint density at radius 3 is 2.60 bits per heavy atom. The maximum Gasteiger partial charge on any atom is 0.226 e. The summed E-state index contributed by atoms with van der Waals surface area (Å²) in [5.41, 5.74) is -0.235. The van der Waals surface area contributed by atoms with Crippen LogP contribution in [0.4, 0.5) is 0 Å². The molecule has 0 aromatic heterocycles. The molecular formula is C11H21NO3. The van der Waals surface area contributed by atoms with Gasteiger partial charge in [0.25, 0.3) is 0 Å². The Labute approximate surface area is 91.0 Å². The molecule has 0 saturated heterocycles. The van der Waals surface area contributed by atoms with Gasteiger partial charge in [0.15, 0.2) is 0 Å². The third-order valence-corrected chi connectivity index (χ3v) is 3.18. The Morgan fingerprint density at radius 1 is 1.53 bits per heavy atom. The van der Waals surface area contributed by atoms with Crippen molar-refractivity contribution in [1.29, 1.82) is 0 Å². The molecule has 0 heterocycles. The highest BCUT2D eigenvalue weighted by Crippen LogP contribution is 2.37. The Bertz CT molecular complexity index is 212. The highest BCUT2D eigenvalue weighted by molar-refractivity contribution is 5.82. The molecule has 1 rings (SSSR count). The number of carbonyl (C=O) groups is 1. The summed E-state index contributed by atoms with van der Waals surface area (Å²) < 4.78 is 4.92. The number of rotatable bonds is 5. The van der Waals surface area contributed by atoms with Gasteiger partial charge in [0.2, 0.25) is 5.91 Å². The number of hydrogen-bond donors (Lipinski definition) is 2. The second kappa shape index (κ2) is 5.47. The van der Waals surface area contributed by atoms with Gasteiger partial charge in [-0.25, -0.2) is 0 Å². The molecule has 0 bridgehead atoms. The second-order valence-electron chi connectivity index (χ2n) is 4.58. The van der Waals surface area contributed by atoms with E-state index in [1.165, 1.54) is 0 Å². The summed E-state index contributed by atoms with van der Waals surface area (Å²) in [5, 5.41) is 11.9. The van der Waals surface area contributed by atoms with Gasteiger partial charge in [-0.2, -0.15) is 0 Å². The van der Waals surface area contributed by atoms with E-state index in [2.05, 4.69) is 5.32 Å². The van der Waals surface area contributed by atoms with Crippen LogP contribution in [-0.2, 0) is 9.53 Å². The summed E-state index contributed by atoms with van der Waals surface area (Å²) in [6, 6.07) is -0.278. The zero-order chi connectivity index (χ0) is 11.3. The van der Waals surface area contributed by atoms with Gasteiger partial charge in [-0.1, -0.05) is 19.8 Å². The predicted octanol–water partition coefficient (Wildman–Crippen LogP) is 0.690. The molecule has 1 fully saturated rings. The summed E-state index contributed by atoms with van der Waals surface area (Å²) in [4.78, 5) is 11.9. The predicted molar refractivity (Wildman–Crippen MR) is 57.5 cm³/mol. The van der Waals surface area contributed by atoms with Crippen molar-refractivity contribution < 1.29 is 14.6 Å². The van der Waals surface area contributed by atoms with Gasteiger partial charge in [0.05, 0.1) is 19.3 Å². The normalized spacial score (nSPS) is 21.3. The van der Waals surface area contributed by atoms with Crippen molar-refractivity contribution >= 4 is 5.91 Å². The standard InChI is InChI=1S/C11H21NO3/c1-11(5-3-4-6-11)10(14)12-9(7-13)8-15-2/h9,13H,3-8H2,1-2H3,(H,12,14). The Morgan fingerprint density at radius 2 is 2.13 bits per heavy atom. The van der Waals surface area contributed by atoms with Crippen molar-refractivity contribution in [3.63, 3.8) is 0 Å². The molecule has 1 atom stereocenters. The smallest absolute Gasteiger partial charge is 0.226 e. The average Bonchev–Trinajstić information content (AvgIpc) is 2.65. The number of nitrogens with one attached hydrogen (secondary N) is 1. The molecule has 15 heavy (non-hydrogen) atoms. The first kappa shape index (κ1) is 12.5. The van der Waals surface area contributed by atoms with Crippen molar-refractivity contribution in [1.82, 2.24) is 5.32 Å². The van der Waals surface area contributed by atoms with E-state index in [-0.39, 0.29) is 24.0 Å². The van der Waals surface area contributed by atoms with Gasteiger partial charge in [0, 0.05) is 12.5 Å². The molecule has 1 aliphatic rings. The van der Waals surface area contributed by atoms with Crippen LogP contribution in [0.3, 0.4) is 0 Å². The third-order valence-electron chi connectivity index (χ3n) is 3.18. The molecule has 1 amide bonds. The molecule has 88 valence electrons. The summed E-state index contributed by atoms with van der Waals surface area (Å²) >= 11 is 0. The number of aliphatic hydroxyl groups is 1. The van der Waals surface area contributed by atoms with E-state index in [0.29, 0.717) is 6.61 Å². The largest absolute Gasteiger partial charge is 0.394 e. The van der Waals surface area contributed by atoms with E-state index < -0.39 is 0 Å². The molecule has 0 spiro atoms. The van der Waals surface area contributed by atoms with E-state index >= 15 is 0 Å². The van der Waals surface area contributed by atoms with Gasteiger partial charge in [-0.3, -0.25) is 4.79 Å². The third kappa shape index (κ3) is 3.18. The fraction of sp³-hybridized carbons (Fsp3) is 0.909. The van der Waals surface area contributed by atoms with E-state index in [1.54, 1.807) is 7.11 Å². The van der Waals surface area contributed by atoms with E-state index in [4.69, 9.17) is 9.84 Å². The van der Waals surface area contributed by atoms with Gasteiger partial charge in [-0.15, -0.1) is 0 Å². The fourth-order valence-electron chi connectivity index (χ4n) is 2.08. The van der Waals surface area contributed by atoms with E-state index in [9.17, 15) is 4.79 Å². The molecule has 2 N–H and O–H groups in total. The van der Waals surface area contributed by atoms with Gasteiger partial charge in [0.1, 0.15) is 0 Å². The highest BCUT2D eigenvalue weighted by atomic mass is 16.5. The van der Waals surface area contributed by atoms with Gasteiger partial charge < -0.3 is 15.2 Å². The number of carbonyl (C=O) groups excluding carboxylic acids is 1. The van der Waals surface area contributed by atoms with Crippen LogP contribution in [0.5, 0.6) is 0 Å². The lowest BCUT2D eigenvalue weighted by molar-refractivity contribution is -0.131. The molecule has 0 aromatic carbocycles. The van der Waals surface area contributed by atoms with Crippen LogP contribution in [0.2, 0.25) is 0 Å². The van der Waals surface area contributed by atoms with Crippen molar-refractivity contribution in [2.75, 3.05) is 20.3 Å². The summed E-state index contributed by atoms with van der Waals surface area (Å²) in [7, 11) is 1.56. The van der Waals surface area contributed by atoms with Crippen LogP contribution in [0.1, 0.15) is 32.6 Å². The van der Waals surface area contributed by atoms with Crippen LogP contribution < -0.4 is 5.32 Å². The molecule has 1 unspecified atom stereocenters. The minimum Gasteiger partial charge on any atom is -0.394 e. The van der Waals surface area contributed by atoms with Crippen molar-refractivity contribution in [3.8, 4) is 0 Å². The lowest BCUT2D eigenvalue weighted by Crippen LogP contribution is -2.46. The Balaban J connectivity index is 2.45. The fourth-order valence-corrected chi connectivity index (χ4v) is 2.08. The highest BCUT2D eigenvalue weighted by Gasteiger charge is 2.36. The molecule has 0 radical (unpaired) electrons. The first-order valence-electron chi connectivity index (χ1n) is 5.53. The zero-order valence-corrected chi connectivity index (χ0v) is 9.58. The molecule has 0 aromatic rings. The number of ether oxygens (including phenoxy) is 1. The van der Waals surface area contributed by atoms with Crippen molar-refractivity contribution in [2.45, 2.75) is 38.6 Å². The average molecular weight is 215 g/mol. The Hall–Kier alpha value is -0.610. The minimum atomic E-state index is -0.278. The number of methoxy groups -OCH3 is 1. The van der Waals surface area contributed by atoms with Crippen molar-refractivity contribution in [3.05, 3.63) is 0 Å². The summed E-state index contributed by atoms with van der Waals surface area (Å²) in [6.07, 6.45) is 4.14. The lowest BCUT2D eigenvalue weighted by Gasteiger charge is -2.25. The van der Waals surface area contributed by atoms with Crippen LogP contribution in [0.15, 0.2) is 0 Å². The first-order chi connectivity index (χ1) is 7.12. The number of hydrogen-bond acceptors (Lipinski definition) is 3. The quantitative estimate of drug-likeness (QED) is 0.709. The molecular weight excluding hydrogens is 194 g/mol. The van der Waals surface area contributed by atoms with Crippen LogP contribution in [0.25, 0.3) is 0 Å². The number of aliphatic hydroxyl groups excluding tert-OH is 1.